The second kappa shape index (κ2) is 15.5. The Balaban J connectivity index is 1.07. The third-order valence-electron chi connectivity index (χ3n) is 11.0. The molecule has 1 fully saturated rings. The molecule has 6 aromatic carbocycles. The minimum atomic E-state index is -2.05. The summed E-state index contributed by atoms with van der Waals surface area (Å²) in [5.41, 5.74) is 4.90. The summed E-state index contributed by atoms with van der Waals surface area (Å²) >= 11 is 6.15. The van der Waals surface area contributed by atoms with Gasteiger partial charge in [0.2, 0.25) is 5.78 Å². The van der Waals surface area contributed by atoms with Gasteiger partial charge in [-0.1, -0.05) is 127 Å². The lowest BCUT2D eigenvalue weighted by Crippen LogP contribution is -2.32. The van der Waals surface area contributed by atoms with E-state index in [1.54, 1.807) is 12.1 Å². The van der Waals surface area contributed by atoms with E-state index in [0.29, 0.717) is 22.6 Å². The predicted molar refractivity (Wildman–Crippen MR) is 218 cm³/mol. The van der Waals surface area contributed by atoms with E-state index in [4.69, 9.17) is 16.3 Å². The average Bonchev–Trinajstić information content (AvgIpc) is 3.22. The van der Waals surface area contributed by atoms with Crippen LogP contribution in [-0.2, 0) is 17.5 Å². The Labute approximate surface area is 317 Å². The molecule has 0 amide bonds. The Bertz CT molecular complexity index is 2140. The van der Waals surface area contributed by atoms with Gasteiger partial charge in [-0.2, -0.15) is 0 Å². The summed E-state index contributed by atoms with van der Waals surface area (Å²) in [5, 5.41) is 4.75. The smallest absolute Gasteiger partial charge is 0.228 e. The standard InChI is InChI=1S/C48H41ClO3P/c49-39-30-28-37(29-31-39)36-24-26-38(27-25-36)45-46(50)43-18-10-11-19-44(43)47(51)48(45)52-32-34-20-22-35(23-21-34)33-53(40-12-4-1-5-13-40,41-14-6-2-7-15-41)42-16-8-3-9-17-42/h1-23,28-31,36,38H,24-27,32-33H2/q+1. The molecule has 2 aliphatic rings. The zero-order valence-electron chi connectivity index (χ0n) is 29.5. The highest BCUT2D eigenvalue weighted by Gasteiger charge is 2.45. The summed E-state index contributed by atoms with van der Waals surface area (Å²) in [5.74, 6) is 0.306. The van der Waals surface area contributed by atoms with E-state index in [9.17, 15) is 9.59 Å². The van der Waals surface area contributed by atoms with Crippen molar-refractivity contribution in [1.82, 2.24) is 0 Å². The summed E-state index contributed by atoms with van der Waals surface area (Å²) in [6.45, 7) is 0.205. The average molecular weight is 732 g/mol. The van der Waals surface area contributed by atoms with Crippen molar-refractivity contribution >= 4 is 46.3 Å². The van der Waals surface area contributed by atoms with E-state index in [0.717, 1.165) is 42.4 Å². The number of hydrogen-bond acceptors (Lipinski definition) is 3. The van der Waals surface area contributed by atoms with Gasteiger partial charge in [0.1, 0.15) is 29.8 Å². The molecule has 0 aromatic heterocycles. The molecule has 1 saturated carbocycles. The number of benzene rings is 6. The maximum absolute atomic E-state index is 14.1. The molecule has 53 heavy (non-hydrogen) atoms. The van der Waals surface area contributed by atoms with Crippen molar-refractivity contribution in [2.24, 2.45) is 5.92 Å². The molecule has 6 aromatic rings. The molecule has 0 N–H and O–H groups in total. The quantitative estimate of drug-likeness (QED) is 0.132. The largest absolute Gasteiger partial charge is 0.484 e. The number of rotatable bonds is 10. The van der Waals surface area contributed by atoms with Crippen molar-refractivity contribution in [2.75, 3.05) is 0 Å². The molecular formula is C48H41ClO3P+. The van der Waals surface area contributed by atoms with Crippen molar-refractivity contribution in [3.63, 3.8) is 0 Å². The molecule has 5 heteroatoms. The number of fused-ring (bicyclic) bond motifs is 1. The van der Waals surface area contributed by atoms with Crippen LogP contribution in [0.25, 0.3) is 0 Å². The first-order valence-corrected chi connectivity index (χ1v) is 20.8. The molecule has 0 unspecified atom stereocenters. The van der Waals surface area contributed by atoms with Crippen LogP contribution in [0.2, 0.25) is 5.02 Å². The molecule has 0 radical (unpaired) electrons. The lowest BCUT2D eigenvalue weighted by Gasteiger charge is -2.32. The number of ketones is 2. The summed E-state index contributed by atoms with van der Waals surface area (Å²) < 4.78 is 6.45. The molecule has 0 atom stereocenters. The fraction of sp³-hybridized carbons (Fsp3) is 0.167. The van der Waals surface area contributed by atoms with Crippen LogP contribution < -0.4 is 15.9 Å². The summed E-state index contributed by atoms with van der Waals surface area (Å²) in [6.07, 6.45) is 4.38. The van der Waals surface area contributed by atoms with Gasteiger partial charge in [-0.05, 0) is 103 Å². The first kappa shape index (κ1) is 35.0. The maximum Gasteiger partial charge on any atom is 0.228 e. The molecular weight excluding hydrogens is 691 g/mol. The predicted octanol–water partition coefficient (Wildman–Crippen LogP) is 10.7. The number of ether oxygens (including phenoxy) is 1. The van der Waals surface area contributed by atoms with E-state index in [1.807, 2.05) is 24.3 Å². The topological polar surface area (TPSA) is 43.4 Å². The number of halogens is 1. The van der Waals surface area contributed by atoms with E-state index >= 15 is 0 Å². The van der Waals surface area contributed by atoms with Crippen LogP contribution in [0, 0.1) is 5.92 Å². The lowest BCUT2D eigenvalue weighted by atomic mass is 9.72. The normalized spacial score (nSPS) is 17.4. The summed E-state index contributed by atoms with van der Waals surface area (Å²) in [7, 11) is -2.05. The molecule has 0 saturated heterocycles. The van der Waals surface area contributed by atoms with Gasteiger partial charge < -0.3 is 4.74 Å². The third kappa shape index (κ3) is 7.05. The van der Waals surface area contributed by atoms with E-state index in [-0.39, 0.29) is 29.9 Å². The Morgan fingerprint density at radius 1 is 0.509 bits per heavy atom. The van der Waals surface area contributed by atoms with Gasteiger partial charge in [0.25, 0.3) is 0 Å². The zero-order chi connectivity index (χ0) is 36.2. The highest BCUT2D eigenvalue weighted by Crippen LogP contribution is 2.58. The first-order valence-electron chi connectivity index (χ1n) is 18.4. The van der Waals surface area contributed by atoms with E-state index < -0.39 is 7.26 Å². The Morgan fingerprint density at radius 3 is 1.49 bits per heavy atom. The van der Waals surface area contributed by atoms with Gasteiger partial charge in [0.05, 0.1) is 6.16 Å². The van der Waals surface area contributed by atoms with Crippen molar-refractivity contribution in [2.45, 2.75) is 44.4 Å². The molecule has 0 heterocycles. The Hall–Kier alpha value is -5.08. The monoisotopic (exact) mass is 731 g/mol. The van der Waals surface area contributed by atoms with Crippen LogP contribution in [0.4, 0.5) is 0 Å². The van der Waals surface area contributed by atoms with Gasteiger partial charge in [-0.25, -0.2) is 0 Å². The van der Waals surface area contributed by atoms with Crippen LogP contribution in [-0.4, -0.2) is 11.6 Å². The number of carbonyl (C=O) groups excluding carboxylic acids is 2. The fourth-order valence-corrected chi connectivity index (χ4v) is 12.6. The number of hydrogen-bond donors (Lipinski definition) is 0. The van der Waals surface area contributed by atoms with Gasteiger partial charge in [-0.3, -0.25) is 9.59 Å². The molecule has 3 nitrogen and oxygen atoms in total. The Morgan fingerprint density at radius 2 is 0.962 bits per heavy atom. The fourth-order valence-electron chi connectivity index (χ4n) is 8.28. The highest BCUT2D eigenvalue weighted by molar-refractivity contribution is 7.95. The van der Waals surface area contributed by atoms with Gasteiger partial charge >= 0.3 is 0 Å². The van der Waals surface area contributed by atoms with Gasteiger partial charge in [-0.15, -0.1) is 0 Å². The van der Waals surface area contributed by atoms with Gasteiger partial charge in [0, 0.05) is 21.7 Å². The number of allylic oxidation sites excluding steroid dienone is 2. The van der Waals surface area contributed by atoms with Crippen molar-refractivity contribution in [3.8, 4) is 0 Å². The minimum Gasteiger partial charge on any atom is -0.484 e. The molecule has 0 aliphatic heterocycles. The van der Waals surface area contributed by atoms with E-state index in [1.165, 1.54) is 27.0 Å². The molecule has 8 rings (SSSR count). The third-order valence-corrected chi connectivity index (χ3v) is 15.6. The maximum atomic E-state index is 14.1. The van der Waals surface area contributed by atoms with Crippen molar-refractivity contribution in [1.29, 1.82) is 0 Å². The molecule has 2 aliphatic carbocycles. The summed E-state index contributed by atoms with van der Waals surface area (Å²) in [4.78, 5) is 28.1. The van der Waals surface area contributed by atoms with Crippen molar-refractivity contribution in [3.05, 3.63) is 208 Å². The van der Waals surface area contributed by atoms with Crippen LogP contribution >= 0.6 is 18.9 Å². The minimum absolute atomic E-state index is 0.0354. The van der Waals surface area contributed by atoms with Crippen molar-refractivity contribution < 1.29 is 14.3 Å². The molecule has 262 valence electrons. The first-order chi connectivity index (χ1) is 26.0. The van der Waals surface area contributed by atoms with Crippen LogP contribution in [0.3, 0.4) is 0 Å². The zero-order valence-corrected chi connectivity index (χ0v) is 31.2. The molecule has 0 bridgehead atoms. The van der Waals surface area contributed by atoms with Crippen LogP contribution in [0.5, 0.6) is 0 Å². The Kier molecular flexibility index (Phi) is 10.2. The second-order valence-electron chi connectivity index (χ2n) is 14.1. The van der Waals surface area contributed by atoms with Gasteiger partial charge in [0.15, 0.2) is 11.5 Å². The van der Waals surface area contributed by atoms with Crippen LogP contribution in [0.15, 0.2) is 175 Å². The molecule has 0 spiro atoms. The SMILES string of the molecule is O=C1C(OCc2ccc(C[P+](c3ccccc3)(c3ccccc3)c3ccccc3)cc2)=C(C2CCC(c3ccc(Cl)cc3)CC2)C(=O)c2ccccc21. The number of Topliss-reactive ketones (excluding diaryl/α,β-unsaturated/α-hetero) is 2. The highest BCUT2D eigenvalue weighted by atomic mass is 35.5. The summed E-state index contributed by atoms with van der Waals surface area (Å²) in [6, 6.07) is 56.5. The second-order valence-corrected chi connectivity index (χ2v) is 18.0. The lowest BCUT2D eigenvalue weighted by molar-refractivity contribution is 0.0841. The van der Waals surface area contributed by atoms with E-state index in [2.05, 4.69) is 127 Å². The van der Waals surface area contributed by atoms with Crippen LogP contribution in [0.1, 0.15) is 69.0 Å². The number of carbonyl (C=O) groups is 2.